The molecule has 0 unspecified atom stereocenters. The number of rotatable bonds is 2. The smallest absolute Gasteiger partial charge is 0.130 e. The van der Waals surface area contributed by atoms with Crippen LogP contribution in [0.2, 0.25) is 0 Å². The fourth-order valence-corrected chi connectivity index (χ4v) is 2.60. The van der Waals surface area contributed by atoms with Crippen molar-refractivity contribution in [3.63, 3.8) is 0 Å². The second kappa shape index (κ2) is 4.62. The first-order valence-corrected chi connectivity index (χ1v) is 6.11. The number of halogens is 2. The van der Waals surface area contributed by atoms with Crippen LogP contribution in [0.4, 0.5) is 4.39 Å². The fourth-order valence-electron chi connectivity index (χ4n) is 2.27. The molecule has 0 heterocycles. The van der Waals surface area contributed by atoms with Gasteiger partial charge >= 0.3 is 0 Å². The largest absolute Gasteiger partial charge is 0.388 e. The summed E-state index contributed by atoms with van der Waals surface area (Å²) >= 11 is 3.21. The highest BCUT2D eigenvalue weighted by atomic mass is 79.9. The molecule has 82 valence electrons. The van der Waals surface area contributed by atoms with Crippen molar-refractivity contribution in [2.75, 3.05) is 0 Å². The molecule has 1 aliphatic carbocycles. The van der Waals surface area contributed by atoms with Gasteiger partial charge in [-0.25, -0.2) is 4.39 Å². The molecule has 1 N–H and O–H groups in total. The van der Waals surface area contributed by atoms with Crippen molar-refractivity contribution < 1.29 is 9.50 Å². The zero-order chi connectivity index (χ0) is 10.8. The van der Waals surface area contributed by atoms with E-state index in [2.05, 4.69) is 15.9 Å². The first-order valence-electron chi connectivity index (χ1n) is 5.31. The van der Waals surface area contributed by atoms with E-state index in [1.165, 1.54) is 6.07 Å². The molecule has 0 spiro atoms. The average Bonchev–Trinajstić information content (AvgIpc) is 2.69. The van der Waals surface area contributed by atoms with E-state index in [4.69, 9.17) is 0 Å². The van der Waals surface area contributed by atoms with Crippen molar-refractivity contribution >= 4 is 15.9 Å². The minimum absolute atomic E-state index is 0.237. The summed E-state index contributed by atoms with van der Waals surface area (Å²) in [5, 5.41) is 10.0. The Morgan fingerprint density at radius 2 is 2.00 bits per heavy atom. The molecule has 1 aromatic rings. The lowest BCUT2D eigenvalue weighted by atomic mass is 9.94. The molecule has 0 radical (unpaired) electrons. The topological polar surface area (TPSA) is 20.2 Å². The van der Waals surface area contributed by atoms with Crippen LogP contribution in [0.15, 0.2) is 22.7 Å². The molecule has 1 aliphatic rings. The summed E-state index contributed by atoms with van der Waals surface area (Å²) in [4.78, 5) is 0. The molecule has 1 fully saturated rings. The van der Waals surface area contributed by atoms with Crippen LogP contribution in [0.3, 0.4) is 0 Å². The van der Waals surface area contributed by atoms with Crippen molar-refractivity contribution in [3.05, 3.63) is 34.1 Å². The zero-order valence-electron chi connectivity index (χ0n) is 8.42. The SMILES string of the molecule is O[C@@H](c1ccc(Br)cc1F)C1CCCC1. The van der Waals surface area contributed by atoms with Crippen LogP contribution in [0.1, 0.15) is 37.4 Å². The second-order valence-electron chi connectivity index (χ2n) is 4.16. The molecule has 2 rings (SSSR count). The third-order valence-corrected chi connectivity index (χ3v) is 3.62. The Morgan fingerprint density at radius 1 is 1.33 bits per heavy atom. The first kappa shape index (κ1) is 11.1. The van der Waals surface area contributed by atoms with E-state index < -0.39 is 6.10 Å². The Bertz CT molecular complexity index is 347. The second-order valence-corrected chi connectivity index (χ2v) is 5.07. The Hall–Kier alpha value is -0.410. The number of hydrogen-bond acceptors (Lipinski definition) is 1. The molecule has 1 saturated carbocycles. The van der Waals surface area contributed by atoms with E-state index in [0.29, 0.717) is 10.0 Å². The average molecular weight is 273 g/mol. The lowest BCUT2D eigenvalue weighted by molar-refractivity contribution is 0.108. The molecule has 0 aromatic heterocycles. The molecule has 1 nitrogen and oxygen atoms in total. The molecule has 0 bridgehead atoms. The minimum Gasteiger partial charge on any atom is -0.388 e. The predicted molar refractivity (Wildman–Crippen MR) is 61.0 cm³/mol. The van der Waals surface area contributed by atoms with Crippen LogP contribution in [-0.4, -0.2) is 5.11 Å². The van der Waals surface area contributed by atoms with E-state index in [-0.39, 0.29) is 11.7 Å². The van der Waals surface area contributed by atoms with Gasteiger partial charge in [-0.15, -0.1) is 0 Å². The number of benzene rings is 1. The van der Waals surface area contributed by atoms with Crippen LogP contribution < -0.4 is 0 Å². The lowest BCUT2D eigenvalue weighted by Crippen LogP contribution is -2.10. The fraction of sp³-hybridized carbons (Fsp3) is 0.500. The summed E-state index contributed by atoms with van der Waals surface area (Å²) in [6.07, 6.45) is 3.69. The summed E-state index contributed by atoms with van der Waals surface area (Å²) in [5.74, 6) is -0.0792. The number of aliphatic hydroxyl groups excluding tert-OH is 1. The molecule has 3 heteroatoms. The van der Waals surface area contributed by atoms with Gasteiger partial charge in [-0.3, -0.25) is 0 Å². The van der Waals surface area contributed by atoms with E-state index in [1.54, 1.807) is 12.1 Å². The van der Waals surface area contributed by atoms with Crippen LogP contribution in [0.25, 0.3) is 0 Å². The Kier molecular flexibility index (Phi) is 3.42. The molecule has 0 saturated heterocycles. The van der Waals surface area contributed by atoms with Gasteiger partial charge in [0, 0.05) is 10.0 Å². The molecule has 1 aromatic carbocycles. The van der Waals surface area contributed by atoms with E-state index in [9.17, 15) is 9.50 Å². The van der Waals surface area contributed by atoms with Crippen molar-refractivity contribution in [1.82, 2.24) is 0 Å². The molecule has 15 heavy (non-hydrogen) atoms. The van der Waals surface area contributed by atoms with Crippen molar-refractivity contribution in [1.29, 1.82) is 0 Å². The van der Waals surface area contributed by atoms with E-state index in [1.807, 2.05) is 0 Å². The number of hydrogen-bond donors (Lipinski definition) is 1. The van der Waals surface area contributed by atoms with Crippen LogP contribution >= 0.6 is 15.9 Å². The Morgan fingerprint density at radius 3 is 2.60 bits per heavy atom. The molecule has 1 atom stereocenters. The molecule has 0 aliphatic heterocycles. The third-order valence-electron chi connectivity index (χ3n) is 3.13. The van der Waals surface area contributed by atoms with Gasteiger partial charge < -0.3 is 5.11 Å². The summed E-state index contributed by atoms with van der Waals surface area (Å²) in [6, 6.07) is 4.85. The highest BCUT2D eigenvalue weighted by Crippen LogP contribution is 2.36. The van der Waals surface area contributed by atoms with Crippen molar-refractivity contribution in [2.24, 2.45) is 5.92 Å². The Balaban J connectivity index is 2.20. The third kappa shape index (κ3) is 2.40. The van der Waals surface area contributed by atoms with Gasteiger partial charge in [-0.05, 0) is 30.9 Å². The van der Waals surface area contributed by atoms with Gasteiger partial charge in [-0.2, -0.15) is 0 Å². The summed E-state index contributed by atoms with van der Waals surface area (Å²) < 4.78 is 14.3. The lowest BCUT2D eigenvalue weighted by Gasteiger charge is -2.18. The van der Waals surface area contributed by atoms with E-state index >= 15 is 0 Å². The maximum Gasteiger partial charge on any atom is 0.130 e. The standard InChI is InChI=1S/C12H14BrFO/c13-9-5-6-10(11(14)7-9)12(15)8-3-1-2-4-8/h5-8,12,15H,1-4H2/t12-/m1/s1. The molecular weight excluding hydrogens is 259 g/mol. The van der Waals surface area contributed by atoms with Gasteiger partial charge in [0.05, 0.1) is 6.10 Å². The summed E-state index contributed by atoms with van der Waals surface area (Å²) in [5.41, 5.74) is 0.435. The summed E-state index contributed by atoms with van der Waals surface area (Å²) in [6.45, 7) is 0. The minimum atomic E-state index is -0.638. The molecular formula is C12H14BrFO. The van der Waals surface area contributed by atoms with Gasteiger partial charge in [-0.1, -0.05) is 34.8 Å². The predicted octanol–water partition coefficient (Wildman–Crippen LogP) is 3.81. The van der Waals surface area contributed by atoms with Gasteiger partial charge in [0.15, 0.2) is 0 Å². The van der Waals surface area contributed by atoms with E-state index in [0.717, 1.165) is 25.7 Å². The van der Waals surface area contributed by atoms with Gasteiger partial charge in [0.2, 0.25) is 0 Å². The highest BCUT2D eigenvalue weighted by molar-refractivity contribution is 9.10. The quantitative estimate of drug-likeness (QED) is 0.868. The first-order chi connectivity index (χ1) is 7.18. The maximum atomic E-state index is 13.6. The van der Waals surface area contributed by atoms with Gasteiger partial charge in [0.25, 0.3) is 0 Å². The monoisotopic (exact) mass is 272 g/mol. The van der Waals surface area contributed by atoms with Crippen LogP contribution in [0, 0.1) is 11.7 Å². The van der Waals surface area contributed by atoms with Crippen LogP contribution in [0.5, 0.6) is 0 Å². The Labute approximate surface area is 97.4 Å². The zero-order valence-corrected chi connectivity index (χ0v) is 10.0. The maximum absolute atomic E-state index is 13.6. The normalized spacial score (nSPS) is 19.4. The highest BCUT2D eigenvalue weighted by Gasteiger charge is 2.26. The van der Waals surface area contributed by atoms with Crippen molar-refractivity contribution in [3.8, 4) is 0 Å². The van der Waals surface area contributed by atoms with Gasteiger partial charge in [0.1, 0.15) is 5.82 Å². The molecule has 0 amide bonds. The van der Waals surface area contributed by atoms with Crippen LogP contribution in [-0.2, 0) is 0 Å². The van der Waals surface area contributed by atoms with Crippen molar-refractivity contribution in [2.45, 2.75) is 31.8 Å². The number of aliphatic hydroxyl groups is 1. The summed E-state index contributed by atoms with van der Waals surface area (Å²) in [7, 11) is 0.